The molecule has 118 valence electrons. The fourth-order valence-electron chi connectivity index (χ4n) is 2.16. The van der Waals surface area contributed by atoms with E-state index in [-0.39, 0.29) is 5.16 Å². The average Bonchev–Trinajstić information content (AvgIpc) is 3.05. The zero-order chi connectivity index (χ0) is 16.4. The number of hydrogen-bond donors (Lipinski definition) is 0. The SMILES string of the molecule is CC(c1cnccn1)S(=O)(=O)c1nccn1-c1cccc(F)c1. The standard InChI is InChI=1S/C15H13FN4O2S/c1-11(14-10-17-5-6-18-14)23(21,22)15-19-7-8-20(15)13-4-2-3-12(16)9-13/h2-11H,1H3. The molecule has 0 bridgehead atoms. The molecular formula is C15H13FN4O2S. The number of imidazole rings is 1. The van der Waals surface area contributed by atoms with Gasteiger partial charge in [-0.05, 0) is 25.1 Å². The van der Waals surface area contributed by atoms with Crippen molar-refractivity contribution in [1.82, 2.24) is 19.5 Å². The van der Waals surface area contributed by atoms with Crippen LogP contribution in [0.25, 0.3) is 5.69 Å². The van der Waals surface area contributed by atoms with Crippen LogP contribution in [0.15, 0.2) is 60.4 Å². The van der Waals surface area contributed by atoms with Gasteiger partial charge in [0.05, 0.1) is 11.4 Å². The van der Waals surface area contributed by atoms with E-state index in [0.29, 0.717) is 11.4 Å². The predicted molar refractivity (Wildman–Crippen MR) is 81.2 cm³/mol. The highest BCUT2D eigenvalue weighted by atomic mass is 32.2. The molecule has 1 unspecified atom stereocenters. The Labute approximate surface area is 132 Å². The van der Waals surface area contributed by atoms with Crippen molar-refractivity contribution >= 4 is 9.84 Å². The molecule has 3 aromatic rings. The largest absolute Gasteiger partial charge is 0.291 e. The Bertz CT molecular complexity index is 925. The summed E-state index contributed by atoms with van der Waals surface area (Å²) in [6.45, 7) is 1.52. The summed E-state index contributed by atoms with van der Waals surface area (Å²) in [6.07, 6.45) is 7.14. The first-order chi connectivity index (χ1) is 11.0. The predicted octanol–water partition coefficient (Wildman–Crippen LogP) is 2.34. The molecule has 3 rings (SSSR count). The van der Waals surface area contributed by atoms with Gasteiger partial charge in [0.15, 0.2) is 0 Å². The van der Waals surface area contributed by atoms with Crippen LogP contribution >= 0.6 is 0 Å². The molecule has 0 saturated heterocycles. The Morgan fingerprint density at radius 2 is 2.00 bits per heavy atom. The minimum absolute atomic E-state index is 0.166. The van der Waals surface area contributed by atoms with Crippen molar-refractivity contribution in [2.75, 3.05) is 0 Å². The van der Waals surface area contributed by atoms with Crippen molar-refractivity contribution < 1.29 is 12.8 Å². The number of benzene rings is 1. The molecular weight excluding hydrogens is 319 g/mol. The summed E-state index contributed by atoms with van der Waals surface area (Å²) in [5, 5.41) is -1.09. The van der Waals surface area contributed by atoms with Crippen LogP contribution in [0.2, 0.25) is 0 Å². The molecule has 0 saturated carbocycles. The first kappa shape index (κ1) is 15.3. The maximum atomic E-state index is 13.4. The topological polar surface area (TPSA) is 77.7 Å². The van der Waals surface area contributed by atoms with E-state index < -0.39 is 20.9 Å². The molecule has 0 fully saturated rings. The van der Waals surface area contributed by atoms with Crippen molar-refractivity contribution in [2.45, 2.75) is 17.3 Å². The van der Waals surface area contributed by atoms with Gasteiger partial charge in [-0.3, -0.25) is 14.5 Å². The lowest BCUT2D eigenvalue weighted by Crippen LogP contribution is -2.17. The third-order valence-electron chi connectivity index (χ3n) is 3.41. The number of halogens is 1. The van der Waals surface area contributed by atoms with Crippen LogP contribution in [-0.4, -0.2) is 27.9 Å². The number of sulfone groups is 1. The second-order valence-electron chi connectivity index (χ2n) is 4.88. The summed E-state index contributed by atoms with van der Waals surface area (Å²) in [4.78, 5) is 11.9. The molecule has 0 radical (unpaired) electrons. The second-order valence-corrected chi connectivity index (χ2v) is 7.04. The van der Waals surface area contributed by atoms with E-state index in [4.69, 9.17) is 0 Å². The Hall–Kier alpha value is -2.61. The minimum atomic E-state index is -3.81. The van der Waals surface area contributed by atoms with Crippen LogP contribution in [0, 0.1) is 5.82 Å². The lowest BCUT2D eigenvalue weighted by Gasteiger charge is -2.13. The van der Waals surface area contributed by atoms with Crippen molar-refractivity contribution in [1.29, 1.82) is 0 Å². The quantitative estimate of drug-likeness (QED) is 0.733. The number of hydrogen-bond acceptors (Lipinski definition) is 5. The number of nitrogens with zero attached hydrogens (tertiary/aromatic N) is 4. The zero-order valence-corrected chi connectivity index (χ0v) is 13.0. The van der Waals surface area contributed by atoms with Gasteiger partial charge in [-0.15, -0.1) is 0 Å². The van der Waals surface area contributed by atoms with Gasteiger partial charge in [0, 0.05) is 31.0 Å². The normalized spacial score (nSPS) is 13.0. The molecule has 1 atom stereocenters. The van der Waals surface area contributed by atoms with E-state index in [1.165, 1.54) is 60.7 Å². The lowest BCUT2D eigenvalue weighted by atomic mass is 10.3. The molecule has 1 aromatic carbocycles. The molecule has 23 heavy (non-hydrogen) atoms. The molecule has 0 aliphatic heterocycles. The summed E-state index contributed by atoms with van der Waals surface area (Å²) < 4.78 is 40.4. The Morgan fingerprint density at radius 1 is 1.17 bits per heavy atom. The van der Waals surface area contributed by atoms with Gasteiger partial charge in [0.1, 0.15) is 11.1 Å². The minimum Gasteiger partial charge on any atom is -0.291 e. The molecule has 0 spiro atoms. The first-order valence-corrected chi connectivity index (χ1v) is 8.34. The van der Waals surface area contributed by atoms with E-state index in [9.17, 15) is 12.8 Å². The Morgan fingerprint density at radius 3 is 2.70 bits per heavy atom. The van der Waals surface area contributed by atoms with E-state index in [2.05, 4.69) is 15.0 Å². The van der Waals surface area contributed by atoms with Crippen LogP contribution in [-0.2, 0) is 9.84 Å². The van der Waals surface area contributed by atoms with Gasteiger partial charge in [-0.1, -0.05) is 6.07 Å². The fourth-order valence-corrected chi connectivity index (χ4v) is 3.56. The van der Waals surface area contributed by atoms with E-state index in [1.807, 2.05) is 0 Å². The molecule has 2 heterocycles. The van der Waals surface area contributed by atoms with Crippen LogP contribution in [0.4, 0.5) is 4.39 Å². The first-order valence-electron chi connectivity index (χ1n) is 6.79. The second kappa shape index (κ2) is 5.88. The van der Waals surface area contributed by atoms with Crippen LogP contribution in [0.3, 0.4) is 0 Å². The van der Waals surface area contributed by atoms with Crippen molar-refractivity contribution in [3.05, 3.63) is 66.8 Å². The fraction of sp³-hybridized carbons (Fsp3) is 0.133. The van der Waals surface area contributed by atoms with E-state index in [0.717, 1.165) is 0 Å². The summed E-state index contributed by atoms with van der Waals surface area (Å²) in [6, 6.07) is 5.65. The Balaban J connectivity index is 2.07. The van der Waals surface area contributed by atoms with Crippen LogP contribution in [0.5, 0.6) is 0 Å². The molecule has 0 aliphatic carbocycles. The van der Waals surface area contributed by atoms with Crippen LogP contribution < -0.4 is 0 Å². The zero-order valence-electron chi connectivity index (χ0n) is 12.2. The van der Waals surface area contributed by atoms with Gasteiger partial charge in [-0.25, -0.2) is 17.8 Å². The Kier molecular flexibility index (Phi) is 3.91. The maximum absolute atomic E-state index is 13.4. The number of aromatic nitrogens is 4. The van der Waals surface area contributed by atoms with Gasteiger partial charge in [0.25, 0.3) is 0 Å². The number of rotatable bonds is 4. The molecule has 0 N–H and O–H groups in total. The molecule has 2 aromatic heterocycles. The third-order valence-corrected chi connectivity index (χ3v) is 5.40. The highest BCUT2D eigenvalue weighted by molar-refractivity contribution is 7.91. The summed E-state index contributed by atoms with van der Waals surface area (Å²) in [7, 11) is -3.81. The van der Waals surface area contributed by atoms with Crippen molar-refractivity contribution in [3.63, 3.8) is 0 Å². The highest BCUT2D eigenvalue weighted by Gasteiger charge is 2.30. The average molecular weight is 332 g/mol. The molecule has 6 nitrogen and oxygen atoms in total. The lowest BCUT2D eigenvalue weighted by molar-refractivity contribution is 0.571. The van der Waals surface area contributed by atoms with Gasteiger partial charge >= 0.3 is 0 Å². The van der Waals surface area contributed by atoms with Gasteiger partial charge < -0.3 is 0 Å². The molecule has 0 aliphatic rings. The monoisotopic (exact) mass is 332 g/mol. The maximum Gasteiger partial charge on any atom is 0.232 e. The van der Waals surface area contributed by atoms with Crippen molar-refractivity contribution in [2.24, 2.45) is 0 Å². The summed E-state index contributed by atoms with van der Waals surface area (Å²) in [5.74, 6) is -0.457. The van der Waals surface area contributed by atoms with E-state index in [1.54, 1.807) is 6.07 Å². The van der Waals surface area contributed by atoms with Crippen LogP contribution in [0.1, 0.15) is 17.9 Å². The van der Waals surface area contributed by atoms with E-state index >= 15 is 0 Å². The van der Waals surface area contributed by atoms with Gasteiger partial charge in [-0.2, -0.15) is 0 Å². The smallest absolute Gasteiger partial charge is 0.232 e. The molecule has 0 amide bonds. The summed E-state index contributed by atoms with van der Waals surface area (Å²) in [5.41, 5.74) is 0.703. The van der Waals surface area contributed by atoms with Crippen molar-refractivity contribution in [3.8, 4) is 5.69 Å². The highest BCUT2D eigenvalue weighted by Crippen LogP contribution is 2.27. The molecule has 8 heteroatoms. The van der Waals surface area contributed by atoms with Gasteiger partial charge in [0.2, 0.25) is 15.0 Å². The third kappa shape index (κ3) is 2.85. The summed E-state index contributed by atoms with van der Waals surface area (Å²) >= 11 is 0.